The fraction of sp³-hybridized carbons (Fsp3) is 0.0625. The molecule has 0 radical (unpaired) electrons. The van der Waals surface area contributed by atoms with Gasteiger partial charge in [0.05, 0.1) is 35.4 Å². The molecule has 3 aromatic rings. The van der Waals surface area contributed by atoms with E-state index in [-0.39, 0.29) is 5.56 Å². The van der Waals surface area contributed by atoms with Gasteiger partial charge in [-0.05, 0) is 29.8 Å². The number of rotatable bonds is 2. The second-order valence-electron chi connectivity index (χ2n) is 4.65. The van der Waals surface area contributed by atoms with Crippen LogP contribution in [0, 0.1) is 17.1 Å². The minimum absolute atomic E-state index is 0.234. The molecule has 0 aliphatic carbocycles. The molecule has 0 aliphatic heterocycles. The van der Waals surface area contributed by atoms with Crippen molar-refractivity contribution in [2.24, 2.45) is 0 Å². The molecule has 0 saturated carbocycles. The van der Waals surface area contributed by atoms with Crippen molar-refractivity contribution in [1.82, 2.24) is 9.55 Å². The van der Waals surface area contributed by atoms with Gasteiger partial charge in [-0.2, -0.15) is 5.26 Å². The van der Waals surface area contributed by atoms with Crippen LogP contribution >= 0.6 is 0 Å². The molecule has 0 fully saturated rings. The maximum Gasteiger partial charge on any atom is 0.261 e. The molecule has 102 valence electrons. The molecule has 0 bridgehead atoms. The molecule has 0 saturated heterocycles. The Hall–Kier alpha value is -3.00. The lowest BCUT2D eigenvalue weighted by Gasteiger charge is -2.07. The Balaban J connectivity index is 2.05. The molecule has 2 aromatic carbocycles. The van der Waals surface area contributed by atoms with E-state index in [0.29, 0.717) is 23.0 Å². The van der Waals surface area contributed by atoms with Crippen LogP contribution in [0.25, 0.3) is 10.9 Å². The Morgan fingerprint density at radius 1 is 1.24 bits per heavy atom. The van der Waals surface area contributed by atoms with Crippen LogP contribution in [0.15, 0.2) is 53.6 Å². The summed E-state index contributed by atoms with van der Waals surface area (Å²) in [6, 6.07) is 13.0. The van der Waals surface area contributed by atoms with Gasteiger partial charge in [-0.1, -0.05) is 12.1 Å². The first-order chi connectivity index (χ1) is 10.2. The molecule has 0 amide bonds. The van der Waals surface area contributed by atoms with Gasteiger partial charge in [-0.25, -0.2) is 9.37 Å². The number of fused-ring (bicyclic) bond motifs is 1. The fourth-order valence-electron chi connectivity index (χ4n) is 2.18. The average molecular weight is 279 g/mol. The second-order valence-corrected chi connectivity index (χ2v) is 4.65. The Bertz CT molecular complexity index is 925. The van der Waals surface area contributed by atoms with Crippen molar-refractivity contribution in [3.63, 3.8) is 0 Å². The third-order valence-corrected chi connectivity index (χ3v) is 3.20. The van der Waals surface area contributed by atoms with Gasteiger partial charge in [-0.15, -0.1) is 0 Å². The van der Waals surface area contributed by atoms with Crippen molar-refractivity contribution in [2.45, 2.75) is 6.54 Å². The lowest BCUT2D eigenvalue weighted by atomic mass is 10.1. The molecular formula is C16H10FN3O. The maximum absolute atomic E-state index is 13.1. The largest absolute Gasteiger partial charge is 0.294 e. The summed E-state index contributed by atoms with van der Waals surface area (Å²) in [5.41, 5.74) is 1.47. The predicted octanol–water partition coefficient (Wildman–Crippen LogP) is 2.46. The standard InChI is InChI=1S/C16H10FN3O/c17-13-4-5-14-15(7-13)19-10-20(16(14)21)9-12-3-1-2-11(6-12)8-18/h1-7,10H,9H2. The number of nitrogens with zero attached hydrogens (tertiary/aromatic N) is 3. The molecular weight excluding hydrogens is 269 g/mol. The van der Waals surface area contributed by atoms with E-state index >= 15 is 0 Å². The summed E-state index contributed by atoms with van der Waals surface area (Å²) in [6.45, 7) is 0.314. The molecule has 0 atom stereocenters. The van der Waals surface area contributed by atoms with Crippen molar-refractivity contribution in [2.75, 3.05) is 0 Å². The summed E-state index contributed by atoms with van der Waals surface area (Å²) < 4.78 is 14.6. The molecule has 1 aromatic heterocycles. The van der Waals surface area contributed by atoms with E-state index in [1.54, 1.807) is 18.2 Å². The van der Waals surface area contributed by atoms with E-state index < -0.39 is 5.82 Å². The van der Waals surface area contributed by atoms with E-state index in [0.717, 1.165) is 5.56 Å². The number of benzene rings is 2. The highest BCUT2D eigenvalue weighted by molar-refractivity contribution is 5.77. The number of hydrogen-bond acceptors (Lipinski definition) is 3. The monoisotopic (exact) mass is 279 g/mol. The van der Waals surface area contributed by atoms with Crippen LogP contribution in [0.1, 0.15) is 11.1 Å². The van der Waals surface area contributed by atoms with Crippen molar-refractivity contribution in [3.05, 3.63) is 76.1 Å². The van der Waals surface area contributed by atoms with Crippen molar-refractivity contribution in [3.8, 4) is 6.07 Å². The van der Waals surface area contributed by atoms with E-state index in [4.69, 9.17) is 5.26 Å². The summed E-state index contributed by atoms with van der Waals surface area (Å²) in [6.07, 6.45) is 1.39. The molecule has 3 rings (SSSR count). The van der Waals surface area contributed by atoms with E-state index in [2.05, 4.69) is 11.1 Å². The summed E-state index contributed by atoms with van der Waals surface area (Å²) in [7, 11) is 0. The summed E-state index contributed by atoms with van der Waals surface area (Å²) >= 11 is 0. The third kappa shape index (κ3) is 2.51. The van der Waals surface area contributed by atoms with Crippen molar-refractivity contribution < 1.29 is 4.39 Å². The van der Waals surface area contributed by atoms with Gasteiger partial charge in [0.1, 0.15) is 5.82 Å². The smallest absolute Gasteiger partial charge is 0.261 e. The normalized spacial score (nSPS) is 10.5. The van der Waals surface area contributed by atoms with Crippen LogP contribution < -0.4 is 5.56 Å². The van der Waals surface area contributed by atoms with E-state index in [1.165, 1.54) is 29.1 Å². The van der Waals surface area contributed by atoms with Crippen LogP contribution in [0.5, 0.6) is 0 Å². The Morgan fingerprint density at radius 2 is 2.10 bits per heavy atom. The summed E-state index contributed by atoms with van der Waals surface area (Å²) in [5, 5.41) is 9.25. The van der Waals surface area contributed by atoms with Crippen LogP contribution in [-0.4, -0.2) is 9.55 Å². The minimum Gasteiger partial charge on any atom is -0.294 e. The highest BCUT2D eigenvalue weighted by Crippen LogP contribution is 2.10. The lowest BCUT2D eigenvalue weighted by molar-refractivity contribution is 0.629. The zero-order valence-electron chi connectivity index (χ0n) is 11.0. The van der Waals surface area contributed by atoms with Crippen molar-refractivity contribution in [1.29, 1.82) is 5.26 Å². The molecule has 0 N–H and O–H groups in total. The lowest BCUT2D eigenvalue weighted by Crippen LogP contribution is -2.21. The number of nitriles is 1. The first-order valence-electron chi connectivity index (χ1n) is 6.31. The molecule has 5 heteroatoms. The van der Waals surface area contributed by atoms with Crippen LogP contribution in [-0.2, 0) is 6.54 Å². The maximum atomic E-state index is 13.1. The van der Waals surface area contributed by atoms with Gasteiger partial charge in [0, 0.05) is 6.07 Å². The van der Waals surface area contributed by atoms with Gasteiger partial charge in [0.2, 0.25) is 0 Å². The van der Waals surface area contributed by atoms with Gasteiger partial charge < -0.3 is 0 Å². The molecule has 0 aliphatic rings. The average Bonchev–Trinajstić information content (AvgIpc) is 2.50. The summed E-state index contributed by atoms with van der Waals surface area (Å²) in [5.74, 6) is -0.422. The van der Waals surface area contributed by atoms with E-state index in [1.807, 2.05) is 6.07 Å². The zero-order chi connectivity index (χ0) is 14.8. The highest BCUT2D eigenvalue weighted by atomic mass is 19.1. The highest BCUT2D eigenvalue weighted by Gasteiger charge is 2.06. The summed E-state index contributed by atoms with van der Waals surface area (Å²) in [4.78, 5) is 16.4. The minimum atomic E-state index is -0.422. The van der Waals surface area contributed by atoms with Gasteiger partial charge in [0.25, 0.3) is 5.56 Å². The zero-order valence-corrected chi connectivity index (χ0v) is 11.0. The predicted molar refractivity (Wildman–Crippen MR) is 76.2 cm³/mol. The van der Waals surface area contributed by atoms with Crippen LogP contribution in [0.3, 0.4) is 0 Å². The number of halogens is 1. The second kappa shape index (κ2) is 5.17. The van der Waals surface area contributed by atoms with Crippen LogP contribution in [0.4, 0.5) is 4.39 Å². The molecule has 4 nitrogen and oxygen atoms in total. The van der Waals surface area contributed by atoms with E-state index in [9.17, 15) is 9.18 Å². The molecule has 21 heavy (non-hydrogen) atoms. The Labute approximate surface area is 119 Å². The molecule has 1 heterocycles. The topological polar surface area (TPSA) is 58.7 Å². The number of aromatic nitrogens is 2. The quantitative estimate of drug-likeness (QED) is 0.724. The molecule has 0 spiro atoms. The fourth-order valence-corrected chi connectivity index (χ4v) is 2.18. The first kappa shape index (κ1) is 13.0. The van der Waals surface area contributed by atoms with Gasteiger partial charge in [-0.3, -0.25) is 9.36 Å². The first-order valence-corrected chi connectivity index (χ1v) is 6.31. The van der Waals surface area contributed by atoms with Crippen molar-refractivity contribution >= 4 is 10.9 Å². The Morgan fingerprint density at radius 3 is 2.90 bits per heavy atom. The Kier molecular flexibility index (Phi) is 3.20. The number of hydrogen-bond donors (Lipinski definition) is 0. The van der Waals surface area contributed by atoms with Crippen LogP contribution in [0.2, 0.25) is 0 Å². The SMILES string of the molecule is N#Cc1cccc(Cn2cnc3cc(F)ccc3c2=O)c1. The third-order valence-electron chi connectivity index (χ3n) is 3.20. The van der Waals surface area contributed by atoms with Gasteiger partial charge in [0.15, 0.2) is 0 Å². The van der Waals surface area contributed by atoms with Gasteiger partial charge >= 0.3 is 0 Å². The molecule has 0 unspecified atom stereocenters.